The van der Waals surface area contributed by atoms with Gasteiger partial charge in [-0.2, -0.15) is 0 Å². The van der Waals surface area contributed by atoms with Gasteiger partial charge in [0.15, 0.2) is 0 Å². The number of hydrogen-bond acceptors (Lipinski definition) is 5. The quantitative estimate of drug-likeness (QED) is 0.528. The second-order valence-electron chi connectivity index (χ2n) is 8.49. The molecule has 3 aromatic rings. The Bertz CT molecular complexity index is 1140. The Morgan fingerprint density at radius 3 is 2.83 bits per heavy atom. The summed E-state index contributed by atoms with van der Waals surface area (Å²) in [5.74, 6) is 0.603. The van der Waals surface area contributed by atoms with Gasteiger partial charge in [-0.1, -0.05) is 37.6 Å². The van der Waals surface area contributed by atoms with E-state index in [1.165, 1.54) is 9.44 Å². The Balaban J connectivity index is 1.80. The van der Waals surface area contributed by atoms with Crippen molar-refractivity contribution in [1.29, 1.82) is 0 Å². The molecule has 0 amide bonds. The Kier molecular flexibility index (Phi) is 6.04. The van der Waals surface area contributed by atoms with Crippen molar-refractivity contribution in [3.8, 4) is 11.4 Å². The zero-order valence-electron chi connectivity index (χ0n) is 17.9. The summed E-state index contributed by atoms with van der Waals surface area (Å²) >= 11 is 1.63. The van der Waals surface area contributed by atoms with E-state index in [2.05, 4.69) is 13.8 Å². The van der Waals surface area contributed by atoms with Gasteiger partial charge >= 0.3 is 5.97 Å². The fraction of sp³-hybridized carbons (Fsp3) is 0.458. The number of carbonyl (C=O) groups is 1. The molecule has 5 nitrogen and oxygen atoms in total. The molecule has 0 unspecified atom stereocenters. The Morgan fingerprint density at radius 1 is 1.27 bits per heavy atom. The third-order valence-corrected chi connectivity index (χ3v) is 6.78. The Hall–Kier alpha value is -2.47. The number of aryl methyl sites for hydroxylation is 3. The molecular weight excluding hydrogens is 396 g/mol. The van der Waals surface area contributed by atoms with Crippen LogP contribution in [0.1, 0.15) is 49.1 Å². The molecule has 0 bridgehead atoms. The molecular formula is C24H28N2O3S. The molecule has 0 saturated heterocycles. The van der Waals surface area contributed by atoms with Crippen molar-refractivity contribution in [3.05, 3.63) is 50.6 Å². The number of rotatable bonds is 6. The molecule has 2 aromatic heterocycles. The number of fused-ring (bicyclic) bond motifs is 3. The molecule has 30 heavy (non-hydrogen) atoms. The molecule has 4 rings (SSSR count). The third kappa shape index (κ3) is 4.19. The first-order chi connectivity index (χ1) is 14.4. The van der Waals surface area contributed by atoms with Crippen molar-refractivity contribution in [2.75, 3.05) is 6.61 Å². The van der Waals surface area contributed by atoms with E-state index < -0.39 is 5.97 Å². The summed E-state index contributed by atoms with van der Waals surface area (Å²) in [5, 5.41) is 0.695. The average Bonchev–Trinajstić information content (AvgIpc) is 3.08. The fourth-order valence-electron chi connectivity index (χ4n) is 3.97. The maximum absolute atomic E-state index is 13.6. The van der Waals surface area contributed by atoms with Crippen LogP contribution in [0.5, 0.6) is 0 Å². The topological polar surface area (TPSA) is 61.2 Å². The van der Waals surface area contributed by atoms with Gasteiger partial charge in [0.1, 0.15) is 17.2 Å². The van der Waals surface area contributed by atoms with Gasteiger partial charge in [-0.15, -0.1) is 11.3 Å². The summed E-state index contributed by atoms with van der Waals surface area (Å²) in [6, 6.07) is 7.90. The van der Waals surface area contributed by atoms with Crippen LogP contribution in [-0.2, 0) is 28.9 Å². The molecule has 158 valence electrons. The second kappa shape index (κ2) is 8.72. The molecule has 0 radical (unpaired) electrons. The van der Waals surface area contributed by atoms with Gasteiger partial charge in [0.05, 0.1) is 12.0 Å². The van der Waals surface area contributed by atoms with Crippen molar-refractivity contribution < 1.29 is 9.53 Å². The van der Waals surface area contributed by atoms with Gasteiger partial charge in [-0.05, 0) is 56.6 Å². The standard InChI is InChI=1S/C24H28N2O3S/c1-15(2)11-12-29-20(27)14-26-22(17-8-6-7-16(3)13-17)25-23-21(24(26)28)18-9-4-5-10-19(18)30-23/h6-8,13,15H,4-5,9-12,14H2,1-3H3. The van der Waals surface area contributed by atoms with Gasteiger partial charge < -0.3 is 4.74 Å². The molecule has 0 saturated carbocycles. The number of hydrogen-bond donors (Lipinski definition) is 0. The smallest absolute Gasteiger partial charge is 0.326 e. The summed E-state index contributed by atoms with van der Waals surface area (Å²) in [7, 11) is 0. The summed E-state index contributed by atoms with van der Waals surface area (Å²) in [5.41, 5.74) is 2.93. The minimum Gasteiger partial charge on any atom is -0.464 e. The zero-order valence-corrected chi connectivity index (χ0v) is 18.7. The van der Waals surface area contributed by atoms with Gasteiger partial charge in [-0.3, -0.25) is 14.2 Å². The molecule has 6 heteroatoms. The van der Waals surface area contributed by atoms with Crippen LogP contribution >= 0.6 is 11.3 Å². The summed E-state index contributed by atoms with van der Waals surface area (Å²) in [6.45, 7) is 6.44. The lowest BCUT2D eigenvalue weighted by molar-refractivity contribution is -0.144. The number of aromatic nitrogens is 2. The van der Waals surface area contributed by atoms with Crippen LogP contribution in [0.25, 0.3) is 21.6 Å². The highest BCUT2D eigenvalue weighted by atomic mass is 32.1. The first-order valence-corrected chi connectivity index (χ1v) is 11.5. The van der Waals surface area contributed by atoms with Crippen LogP contribution in [0.15, 0.2) is 29.1 Å². The molecule has 2 heterocycles. The lowest BCUT2D eigenvalue weighted by Crippen LogP contribution is -2.28. The molecule has 0 aliphatic heterocycles. The van der Waals surface area contributed by atoms with Crippen LogP contribution < -0.4 is 5.56 Å². The number of esters is 1. The lowest BCUT2D eigenvalue weighted by Gasteiger charge is -2.14. The molecule has 0 fully saturated rings. The van der Waals surface area contributed by atoms with Gasteiger partial charge in [0.25, 0.3) is 5.56 Å². The van der Waals surface area contributed by atoms with E-state index >= 15 is 0 Å². The van der Waals surface area contributed by atoms with Crippen LogP contribution in [0.4, 0.5) is 0 Å². The van der Waals surface area contributed by atoms with Crippen LogP contribution in [-0.4, -0.2) is 22.1 Å². The maximum atomic E-state index is 13.6. The number of nitrogens with zero attached hydrogens (tertiary/aromatic N) is 2. The Morgan fingerprint density at radius 2 is 2.07 bits per heavy atom. The molecule has 0 atom stereocenters. The van der Waals surface area contributed by atoms with E-state index in [9.17, 15) is 9.59 Å². The van der Waals surface area contributed by atoms with Crippen molar-refractivity contribution in [3.63, 3.8) is 0 Å². The molecule has 1 aromatic carbocycles. The van der Waals surface area contributed by atoms with Crippen molar-refractivity contribution >= 4 is 27.5 Å². The molecule has 1 aliphatic carbocycles. The van der Waals surface area contributed by atoms with Crippen molar-refractivity contribution in [1.82, 2.24) is 9.55 Å². The number of ether oxygens (including phenoxy) is 1. The van der Waals surface area contributed by atoms with Crippen LogP contribution in [0.3, 0.4) is 0 Å². The minimum absolute atomic E-state index is 0.117. The monoisotopic (exact) mass is 424 g/mol. The van der Waals surface area contributed by atoms with E-state index in [0.29, 0.717) is 23.7 Å². The number of carbonyl (C=O) groups excluding carboxylic acids is 1. The number of benzene rings is 1. The largest absolute Gasteiger partial charge is 0.464 e. The first-order valence-electron chi connectivity index (χ1n) is 10.7. The predicted octanol–water partition coefficient (Wildman–Crippen LogP) is 4.90. The predicted molar refractivity (Wildman–Crippen MR) is 121 cm³/mol. The lowest BCUT2D eigenvalue weighted by atomic mass is 9.97. The van der Waals surface area contributed by atoms with Gasteiger partial charge in [-0.25, -0.2) is 4.98 Å². The van der Waals surface area contributed by atoms with Crippen LogP contribution in [0, 0.1) is 12.8 Å². The SMILES string of the molecule is Cc1cccc(-c2nc3sc4c(c3c(=O)n2CC(=O)OCCC(C)C)CCCC4)c1. The highest BCUT2D eigenvalue weighted by Crippen LogP contribution is 2.34. The van der Waals surface area contributed by atoms with Gasteiger partial charge in [0, 0.05) is 10.4 Å². The minimum atomic E-state index is -0.392. The summed E-state index contributed by atoms with van der Waals surface area (Å²) in [6.07, 6.45) is 4.97. The molecule has 0 spiro atoms. The third-order valence-electron chi connectivity index (χ3n) is 5.60. The second-order valence-corrected chi connectivity index (χ2v) is 9.57. The maximum Gasteiger partial charge on any atom is 0.326 e. The van der Waals surface area contributed by atoms with E-state index in [0.717, 1.165) is 53.6 Å². The van der Waals surface area contributed by atoms with Crippen molar-refractivity contribution in [2.45, 2.75) is 59.4 Å². The van der Waals surface area contributed by atoms with E-state index in [1.807, 2.05) is 31.2 Å². The zero-order chi connectivity index (χ0) is 21.3. The Labute approximate surface area is 180 Å². The summed E-state index contributed by atoms with van der Waals surface area (Å²) in [4.78, 5) is 33.1. The highest BCUT2D eigenvalue weighted by molar-refractivity contribution is 7.18. The first kappa shape index (κ1) is 20.8. The van der Waals surface area contributed by atoms with E-state index in [4.69, 9.17) is 9.72 Å². The fourth-order valence-corrected chi connectivity index (χ4v) is 5.22. The van der Waals surface area contributed by atoms with E-state index in [1.54, 1.807) is 11.3 Å². The van der Waals surface area contributed by atoms with E-state index in [-0.39, 0.29) is 12.1 Å². The van der Waals surface area contributed by atoms with Crippen LogP contribution in [0.2, 0.25) is 0 Å². The molecule has 0 N–H and O–H groups in total. The summed E-state index contributed by atoms with van der Waals surface area (Å²) < 4.78 is 6.92. The average molecular weight is 425 g/mol. The van der Waals surface area contributed by atoms with Gasteiger partial charge in [0.2, 0.25) is 0 Å². The normalized spacial score (nSPS) is 13.6. The van der Waals surface area contributed by atoms with Crippen molar-refractivity contribution in [2.24, 2.45) is 5.92 Å². The number of thiophene rings is 1. The molecule has 1 aliphatic rings. The highest BCUT2D eigenvalue weighted by Gasteiger charge is 2.23.